The Bertz CT molecular complexity index is 846. The summed E-state index contributed by atoms with van der Waals surface area (Å²) in [6.45, 7) is 1.28. The molecule has 0 fully saturated rings. The van der Waals surface area contributed by atoms with E-state index >= 15 is 0 Å². The van der Waals surface area contributed by atoms with Gasteiger partial charge in [0.2, 0.25) is 10.0 Å². The Morgan fingerprint density at radius 2 is 2.20 bits per heavy atom. The van der Waals surface area contributed by atoms with Crippen molar-refractivity contribution in [3.63, 3.8) is 0 Å². The number of rotatable bonds is 6. The summed E-state index contributed by atoms with van der Waals surface area (Å²) in [4.78, 5) is 14.4. The summed E-state index contributed by atoms with van der Waals surface area (Å²) in [5.74, 6) is -0.168. The molecule has 2 heterocycles. The second-order valence-electron chi connectivity index (χ2n) is 5.77. The smallest absolute Gasteiger partial charge is 0.257 e. The third-order valence-electron chi connectivity index (χ3n) is 4.17. The maximum absolute atomic E-state index is 12.6. The Hall–Kier alpha value is -2.16. The number of fused-ring (bicyclic) bond motifs is 1. The van der Waals surface area contributed by atoms with E-state index in [2.05, 4.69) is 4.72 Å². The molecule has 0 bridgehead atoms. The molecule has 1 amide bonds. The third kappa shape index (κ3) is 3.76. The molecule has 2 aromatic rings. The lowest BCUT2D eigenvalue weighted by Gasteiger charge is -2.30. The Morgan fingerprint density at radius 3 is 2.92 bits per heavy atom. The van der Waals surface area contributed by atoms with E-state index in [9.17, 15) is 13.2 Å². The molecule has 0 saturated carbocycles. The van der Waals surface area contributed by atoms with Crippen molar-refractivity contribution < 1.29 is 22.4 Å². The lowest BCUT2D eigenvalue weighted by Crippen LogP contribution is -2.37. The van der Waals surface area contributed by atoms with Crippen molar-refractivity contribution >= 4 is 15.9 Å². The number of nitrogens with one attached hydrogen (secondary N) is 1. The second kappa shape index (κ2) is 7.38. The van der Waals surface area contributed by atoms with Crippen LogP contribution in [0.25, 0.3) is 0 Å². The van der Waals surface area contributed by atoms with E-state index in [0.29, 0.717) is 30.7 Å². The zero-order valence-corrected chi connectivity index (χ0v) is 14.7. The first-order valence-corrected chi connectivity index (χ1v) is 9.42. The Labute approximate surface area is 146 Å². The number of ether oxygens (including phenoxy) is 1. The number of carbonyl (C=O) groups excluding carboxylic acids is 1. The van der Waals surface area contributed by atoms with Gasteiger partial charge >= 0.3 is 0 Å². The van der Waals surface area contributed by atoms with E-state index in [1.807, 2.05) is 6.07 Å². The number of hydrogen-bond donors (Lipinski definition) is 1. The number of hydrogen-bond acceptors (Lipinski definition) is 5. The van der Waals surface area contributed by atoms with Gasteiger partial charge in [0.15, 0.2) is 0 Å². The van der Waals surface area contributed by atoms with Gasteiger partial charge in [0.25, 0.3) is 5.91 Å². The van der Waals surface area contributed by atoms with Gasteiger partial charge < -0.3 is 14.1 Å². The molecule has 8 heteroatoms. The summed E-state index contributed by atoms with van der Waals surface area (Å²) < 4.78 is 37.6. The molecule has 3 rings (SSSR count). The SMILES string of the molecule is COCCNS(=O)(=O)c1cccc2c1CN(C(=O)c1ccoc1)CC2. The molecule has 0 unspecified atom stereocenters. The van der Waals surface area contributed by atoms with E-state index in [0.717, 1.165) is 5.56 Å². The van der Waals surface area contributed by atoms with Gasteiger partial charge in [-0.2, -0.15) is 0 Å². The van der Waals surface area contributed by atoms with Crippen LogP contribution in [0, 0.1) is 0 Å². The molecular weight excluding hydrogens is 344 g/mol. The zero-order chi connectivity index (χ0) is 17.9. The third-order valence-corrected chi connectivity index (χ3v) is 5.72. The first kappa shape index (κ1) is 17.7. The summed E-state index contributed by atoms with van der Waals surface area (Å²) in [5, 5.41) is 0. The van der Waals surface area contributed by atoms with Gasteiger partial charge in [0.05, 0.1) is 23.3 Å². The van der Waals surface area contributed by atoms with Crippen LogP contribution in [0.4, 0.5) is 0 Å². The van der Waals surface area contributed by atoms with Gasteiger partial charge in [0, 0.05) is 26.7 Å². The van der Waals surface area contributed by atoms with E-state index in [4.69, 9.17) is 9.15 Å². The van der Waals surface area contributed by atoms with E-state index in [1.165, 1.54) is 19.6 Å². The predicted octanol–water partition coefficient (Wildman–Crippen LogP) is 1.40. The van der Waals surface area contributed by atoms with Crippen LogP contribution in [0.3, 0.4) is 0 Å². The molecule has 7 nitrogen and oxygen atoms in total. The molecule has 0 saturated heterocycles. The second-order valence-corrected chi connectivity index (χ2v) is 7.51. The average Bonchev–Trinajstić information content (AvgIpc) is 3.15. The highest BCUT2D eigenvalue weighted by molar-refractivity contribution is 7.89. The van der Waals surface area contributed by atoms with Crippen LogP contribution in [-0.2, 0) is 27.7 Å². The number of furan rings is 1. The van der Waals surface area contributed by atoms with Crippen LogP contribution < -0.4 is 4.72 Å². The fourth-order valence-corrected chi connectivity index (χ4v) is 4.19. The molecule has 25 heavy (non-hydrogen) atoms. The Kier molecular flexibility index (Phi) is 5.22. The van der Waals surface area contributed by atoms with Gasteiger partial charge in [-0.1, -0.05) is 12.1 Å². The number of carbonyl (C=O) groups is 1. The van der Waals surface area contributed by atoms with E-state index < -0.39 is 10.0 Å². The van der Waals surface area contributed by atoms with E-state index in [-0.39, 0.29) is 23.9 Å². The molecule has 1 aromatic heterocycles. The van der Waals surface area contributed by atoms with Crippen LogP contribution >= 0.6 is 0 Å². The molecular formula is C17H20N2O5S. The summed E-state index contributed by atoms with van der Waals surface area (Å²) in [6, 6.07) is 6.81. The topological polar surface area (TPSA) is 88.9 Å². The van der Waals surface area contributed by atoms with Crippen molar-refractivity contribution in [3.8, 4) is 0 Å². The summed E-state index contributed by atoms with van der Waals surface area (Å²) >= 11 is 0. The molecule has 134 valence electrons. The summed E-state index contributed by atoms with van der Waals surface area (Å²) in [6.07, 6.45) is 3.45. The molecule has 1 aromatic carbocycles. The summed E-state index contributed by atoms with van der Waals surface area (Å²) in [7, 11) is -2.15. The van der Waals surface area contributed by atoms with Crippen molar-refractivity contribution in [2.45, 2.75) is 17.9 Å². The van der Waals surface area contributed by atoms with Crippen LogP contribution in [0.2, 0.25) is 0 Å². The number of sulfonamides is 1. The van der Waals surface area contributed by atoms with Gasteiger partial charge in [0.1, 0.15) is 6.26 Å². The molecule has 1 N–H and O–H groups in total. The fourth-order valence-electron chi connectivity index (χ4n) is 2.90. The van der Waals surface area contributed by atoms with Crippen molar-refractivity contribution in [2.24, 2.45) is 0 Å². The normalized spacial score (nSPS) is 14.4. The van der Waals surface area contributed by atoms with Crippen LogP contribution in [0.15, 0.2) is 46.1 Å². The predicted molar refractivity (Wildman–Crippen MR) is 90.7 cm³/mol. The monoisotopic (exact) mass is 364 g/mol. The molecule has 0 spiro atoms. The quantitative estimate of drug-likeness (QED) is 0.783. The number of benzene rings is 1. The number of amides is 1. The minimum absolute atomic E-state index is 0.168. The van der Waals surface area contributed by atoms with Gasteiger partial charge in [-0.25, -0.2) is 13.1 Å². The van der Waals surface area contributed by atoms with E-state index in [1.54, 1.807) is 23.1 Å². The Balaban J connectivity index is 1.87. The lowest BCUT2D eigenvalue weighted by molar-refractivity contribution is 0.0732. The van der Waals surface area contributed by atoms with Crippen LogP contribution in [0.5, 0.6) is 0 Å². The van der Waals surface area contributed by atoms with Gasteiger partial charge in [-0.15, -0.1) is 0 Å². The summed E-state index contributed by atoms with van der Waals surface area (Å²) in [5.41, 5.74) is 2.07. The molecule has 1 aliphatic heterocycles. The maximum atomic E-state index is 12.6. The minimum Gasteiger partial charge on any atom is -0.472 e. The van der Waals surface area contributed by atoms with Gasteiger partial charge in [-0.3, -0.25) is 4.79 Å². The van der Waals surface area contributed by atoms with Crippen LogP contribution in [0.1, 0.15) is 21.5 Å². The lowest BCUT2D eigenvalue weighted by atomic mass is 9.99. The fraction of sp³-hybridized carbons (Fsp3) is 0.353. The van der Waals surface area contributed by atoms with Crippen molar-refractivity contribution in [1.29, 1.82) is 0 Å². The molecule has 1 aliphatic rings. The highest BCUT2D eigenvalue weighted by Gasteiger charge is 2.28. The molecule has 0 radical (unpaired) electrons. The first-order valence-electron chi connectivity index (χ1n) is 7.94. The Morgan fingerprint density at radius 1 is 1.36 bits per heavy atom. The standard InChI is InChI=1S/C17H20N2O5S/c1-23-10-7-18-25(21,22)16-4-2-3-13-5-8-19(11-15(13)16)17(20)14-6-9-24-12-14/h2-4,6,9,12,18H,5,7-8,10-11H2,1H3. The van der Waals surface area contributed by atoms with Crippen molar-refractivity contribution in [3.05, 3.63) is 53.5 Å². The van der Waals surface area contributed by atoms with Crippen molar-refractivity contribution in [2.75, 3.05) is 26.8 Å². The highest BCUT2D eigenvalue weighted by atomic mass is 32.2. The maximum Gasteiger partial charge on any atom is 0.257 e. The molecule has 0 aliphatic carbocycles. The average molecular weight is 364 g/mol. The number of nitrogens with zero attached hydrogens (tertiary/aromatic N) is 1. The highest BCUT2D eigenvalue weighted by Crippen LogP contribution is 2.27. The van der Waals surface area contributed by atoms with Crippen molar-refractivity contribution in [1.82, 2.24) is 9.62 Å². The zero-order valence-electron chi connectivity index (χ0n) is 13.9. The first-order chi connectivity index (χ1) is 12.0. The number of methoxy groups -OCH3 is 1. The van der Waals surface area contributed by atoms with Gasteiger partial charge in [-0.05, 0) is 29.7 Å². The van der Waals surface area contributed by atoms with Crippen LogP contribution in [-0.4, -0.2) is 46.0 Å². The minimum atomic E-state index is -3.66. The largest absolute Gasteiger partial charge is 0.472 e. The molecule has 0 atom stereocenters.